The molecule has 0 atom stereocenters. The lowest BCUT2D eigenvalue weighted by Crippen LogP contribution is -2.37. The molecule has 0 unspecified atom stereocenters. The van der Waals surface area contributed by atoms with Crippen LogP contribution >= 0.6 is 0 Å². The van der Waals surface area contributed by atoms with Gasteiger partial charge in [0.15, 0.2) is 11.5 Å². The topological polar surface area (TPSA) is 44.5 Å². The monoisotopic (exact) mass is 313 g/mol. The summed E-state index contributed by atoms with van der Waals surface area (Å²) in [4.78, 5) is 0. The van der Waals surface area contributed by atoms with Crippen molar-refractivity contribution in [2.45, 2.75) is 50.4 Å². The Kier molecular flexibility index (Phi) is 4.95. The van der Waals surface area contributed by atoms with Gasteiger partial charge in [-0.25, -0.2) is 8.78 Å². The predicted octanol–water partition coefficient (Wildman–Crippen LogP) is 3.98. The van der Waals surface area contributed by atoms with Crippen LogP contribution < -0.4 is 15.2 Å². The Morgan fingerprint density at radius 1 is 1.14 bits per heavy atom. The lowest BCUT2D eigenvalue weighted by molar-refractivity contribution is 0.0170. The molecule has 22 heavy (non-hydrogen) atoms. The van der Waals surface area contributed by atoms with E-state index in [2.05, 4.69) is 0 Å². The van der Waals surface area contributed by atoms with E-state index in [4.69, 9.17) is 15.2 Å². The van der Waals surface area contributed by atoms with Gasteiger partial charge in [0.1, 0.15) is 0 Å². The first-order valence-electron chi connectivity index (χ1n) is 7.73. The molecule has 0 heterocycles. The number of hydrogen-bond acceptors (Lipinski definition) is 3. The maximum atomic E-state index is 13.9. The highest BCUT2D eigenvalue weighted by Gasteiger charge is 2.38. The number of benzene rings is 1. The van der Waals surface area contributed by atoms with E-state index in [0.717, 1.165) is 44.6 Å². The standard InChI is InChI=1S/C17H25F2NO2/c1-16(18,19)12-9-13(15(22-3)14(10-12)21-2)17(11-20)7-5-4-6-8-17/h9-10H,4-8,11,20H2,1-3H3. The fourth-order valence-corrected chi connectivity index (χ4v) is 3.42. The van der Waals surface area contributed by atoms with Gasteiger partial charge in [0.25, 0.3) is 5.92 Å². The van der Waals surface area contributed by atoms with Crippen LogP contribution in [0.25, 0.3) is 0 Å². The van der Waals surface area contributed by atoms with E-state index >= 15 is 0 Å². The van der Waals surface area contributed by atoms with Crippen molar-refractivity contribution in [3.8, 4) is 11.5 Å². The van der Waals surface area contributed by atoms with Crippen LogP contribution in [0.1, 0.15) is 50.2 Å². The zero-order valence-electron chi connectivity index (χ0n) is 13.5. The summed E-state index contributed by atoms with van der Waals surface area (Å²) in [6.45, 7) is 1.32. The molecule has 3 nitrogen and oxygen atoms in total. The van der Waals surface area contributed by atoms with E-state index in [1.807, 2.05) is 0 Å². The van der Waals surface area contributed by atoms with Crippen molar-refractivity contribution < 1.29 is 18.3 Å². The van der Waals surface area contributed by atoms with Crippen molar-refractivity contribution in [3.63, 3.8) is 0 Å². The molecule has 1 fully saturated rings. The Labute approximate surface area is 130 Å². The van der Waals surface area contributed by atoms with Crippen LogP contribution in [0.15, 0.2) is 12.1 Å². The SMILES string of the molecule is COc1cc(C(C)(F)F)cc(C2(CN)CCCCC2)c1OC. The molecule has 1 saturated carbocycles. The summed E-state index contributed by atoms with van der Waals surface area (Å²) >= 11 is 0. The summed E-state index contributed by atoms with van der Waals surface area (Å²) < 4.78 is 38.5. The number of methoxy groups -OCH3 is 2. The molecule has 1 aromatic carbocycles. The van der Waals surface area contributed by atoms with Crippen LogP contribution in [0.2, 0.25) is 0 Å². The summed E-state index contributed by atoms with van der Waals surface area (Å²) in [7, 11) is 3.01. The second-order valence-electron chi connectivity index (χ2n) is 6.19. The number of alkyl halides is 2. The summed E-state index contributed by atoms with van der Waals surface area (Å²) in [5.41, 5.74) is 6.45. The first-order valence-corrected chi connectivity index (χ1v) is 7.73. The molecule has 0 amide bonds. The van der Waals surface area contributed by atoms with Gasteiger partial charge in [-0.3, -0.25) is 0 Å². The molecule has 0 saturated heterocycles. The lowest BCUT2D eigenvalue weighted by Gasteiger charge is -2.38. The second kappa shape index (κ2) is 6.41. The minimum atomic E-state index is -2.93. The summed E-state index contributed by atoms with van der Waals surface area (Å²) in [6.07, 6.45) is 5.04. The van der Waals surface area contributed by atoms with Gasteiger partial charge in [-0.15, -0.1) is 0 Å². The normalized spacial score (nSPS) is 18.1. The third-order valence-corrected chi connectivity index (χ3v) is 4.76. The molecule has 2 N–H and O–H groups in total. The van der Waals surface area contributed by atoms with Crippen LogP contribution in [0.3, 0.4) is 0 Å². The Balaban J connectivity index is 2.65. The van der Waals surface area contributed by atoms with E-state index in [0.29, 0.717) is 18.0 Å². The molecule has 5 heteroatoms. The molecule has 1 aliphatic carbocycles. The maximum Gasteiger partial charge on any atom is 0.270 e. The van der Waals surface area contributed by atoms with Gasteiger partial charge >= 0.3 is 0 Å². The zero-order valence-corrected chi connectivity index (χ0v) is 13.5. The van der Waals surface area contributed by atoms with Crippen LogP contribution in [0, 0.1) is 0 Å². The maximum absolute atomic E-state index is 13.9. The molecule has 124 valence electrons. The fraction of sp³-hybridized carbons (Fsp3) is 0.647. The highest BCUT2D eigenvalue weighted by Crippen LogP contribution is 2.48. The summed E-state index contributed by atoms with van der Waals surface area (Å²) in [5.74, 6) is -2.06. The number of rotatable bonds is 5. The van der Waals surface area contributed by atoms with Crippen LogP contribution in [0.5, 0.6) is 11.5 Å². The van der Waals surface area contributed by atoms with Crippen molar-refractivity contribution in [3.05, 3.63) is 23.3 Å². The third kappa shape index (κ3) is 3.05. The van der Waals surface area contributed by atoms with Crippen molar-refractivity contribution >= 4 is 0 Å². The first kappa shape index (κ1) is 17.0. The average Bonchev–Trinajstić information content (AvgIpc) is 2.53. The van der Waals surface area contributed by atoms with Gasteiger partial charge < -0.3 is 15.2 Å². The Morgan fingerprint density at radius 3 is 2.23 bits per heavy atom. The molecule has 0 aromatic heterocycles. The highest BCUT2D eigenvalue weighted by atomic mass is 19.3. The van der Waals surface area contributed by atoms with E-state index in [1.54, 1.807) is 6.07 Å². The molecular formula is C17H25F2NO2. The second-order valence-corrected chi connectivity index (χ2v) is 6.19. The highest BCUT2D eigenvalue weighted by molar-refractivity contribution is 5.54. The largest absolute Gasteiger partial charge is 0.493 e. The minimum absolute atomic E-state index is 0.0569. The van der Waals surface area contributed by atoms with Gasteiger partial charge in [0, 0.05) is 30.0 Å². The van der Waals surface area contributed by atoms with E-state index in [9.17, 15) is 8.78 Å². The fourth-order valence-electron chi connectivity index (χ4n) is 3.42. The van der Waals surface area contributed by atoms with Gasteiger partial charge in [0.2, 0.25) is 0 Å². The Hall–Kier alpha value is -1.36. The number of nitrogens with two attached hydrogens (primary N) is 1. The summed E-state index contributed by atoms with van der Waals surface area (Å²) in [6, 6.07) is 2.91. The van der Waals surface area contributed by atoms with E-state index < -0.39 is 5.92 Å². The van der Waals surface area contributed by atoms with Crippen LogP contribution in [-0.2, 0) is 11.3 Å². The minimum Gasteiger partial charge on any atom is -0.493 e. The molecule has 0 radical (unpaired) electrons. The Morgan fingerprint density at radius 2 is 1.77 bits per heavy atom. The quantitative estimate of drug-likeness (QED) is 0.894. The predicted molar refractivity (Wildman–Crippen MR) is 82.9 cm³/mol. The molecule has 0 spiro atoms. The van der Waals surface area contributed by atoms with Crippen molar-refractivity contribution in [2.75, 3.05) is 20.8 Å². The van der Waals surface area contributed by atoms with Gasteiger partial charge in [-0.05, 0) is 25.0 Å². The average molecular weight is 313 g/mol. The van der Waals surface area contributed by atoms with Crippen LogP contribution in [0.4, 0.5) is 8.78 Å². The molecular weight excluding hydrogens is 288 g/mol. The van der Waals surface area contributed by atoms with Gasteiger partial charge in [0.05, 0.1) is 14.2 Å². The van der Waals surface area contributed by atoms with Crippen molar-refractivity contribution in [1.82, 2.24) is 0 Å². The number of ether oxygens (including phenoxy) is 2. The molecule has 0 aliphatic heterocycles. The molecule has 0 bridgehead atoms. The molecule has 1 aliphatic rings. The molecule has 1 aromatic rings. The van der Waals surface area contributed by atoms with E-state index in [1.165, 1.54) is 20.3 Å². The number of hydrogen-bond donors (Lipinski definition) is 1. The van der Waals surface area contributed by atoms with Crippen LogP contribution in [-0.4, -0.2) is 20.8 Å². The smallest absolute Gasteiger partial charge is 0.270 e. The van der Waals surface area contributed by atoms with Crippen molar-refractivity contribution in [2.24, 2.45) is 5.73 Å². The van der Waals surface area contributed by atoms with Gasteiger partial charge in [-0.2, -0.15) is 0 Å². The zero-order chi connectivity index (χ0) is 16.4. The number of halogens is 2. The Bertz CT molecular complexity index is 520. The molecule has 2 rings (SSSR count). The van der Waals surface area contributed by atoms with Gasteiger partial charge in [-0.1, -0.05) is 19.3 Å². The first-order chi connectivity index (χ1) is 10.4. The summed E-state index contributed by atoms with van der Waals surface area (Å²) in [5, 5.41) is 0. The van der Waals surface area contributed by atoms with E-state index in [-0.39, 0.29) is 11.0 Å². The lowest BCUT2D eigenvalue weighted by atomic mass is 9.68. The third-order valence-electron chi connectivity index (χ3n) is 4.76. The van der Waals surface area contributed by atoms with Crippen molar-refractivity contribution in [1.29, 1.82) is 0 Å².